The number of para-hydroxylation sites is 1. The van der Waals surface area contributed by atoms with Gasteiger partial charge in [0.2, 0.25) is 0 Å². The Morgan fingerprint density at radius 3 is 2.17 bits per heavy atom. The number of benzene rings is 3. The van der Waals surface area contributed by atoms with Gasteiger partial charge in [-0.15, -0.1) is 0 Å². The van der Waals surface area contributed by atoms with Crippen LogP contribution < -0.4 is 5.56 Å². The average Bonchev–Trinajstić information content (AvgIpc) is 3.09. The highest BCUT2D eigenvalue weighted by Gasteiger charge is 2.41. The Labute approximate surface area is 208 Å². The van der Waals surface area contributed by atoms with Crippen LogP contribution in [0, 0.1) is 5.82 Å². The van der Waals surface area contributed by atoms with Crippen LogP contribution in [0.25, 0.3) is 16.8 Å². The Morgan fingerprint density at radius 1 is 0.778 bits per heavy atom. The molecule has 0 bridgehead atoms. The van der Waals surface area contributed by atoms with Crippen molar-refractivity contribution < 1.29 is 14.0 Å². The molecule has 0 N–H and O–H groups in total. The lowest BCUT2D eigenvalue weighted by molar-refractivity contribution is 0.0639. The zero-order valence-electron chi connectivity index (χ0n) is 20.3. The van der Waals surface area contributed by atoms with E-state index >= 15 is 0 Å². The van der Waals surface area contributed by atoms with Crippen LogP contribution in [0.3, 0.4) is 0 Å². The van der Waals surface area contributed by atoms with Gasteiger partial charge in [-0.25, -0.2) is 4.39 Å². The smallest absolute Gasteiger partial charge is 0.271 e. The van der Waals surface area contributed by atoms with Crippen LogP contribution in [0.1, 0.15) is 52.7 Å². The Morgan fingerprint density at radius 2 is 1.47 bits per heavy atom. The molecule has 0 saturated carbocycles. The monoisotopic (exact) mass is 480 g/mol. The van der Waals surface area contributed by atoms with Gasteiger partial charge in [-0.2, -0.15) is 0 Å². The van der Waals surface area contributed by atoms with Crippen LogP contribution in [-0.4, -0.2) is 21.3 Å². The SMILES string of the molecule is CC(C)(C)c1ccccc1-n1c2c(c(-c3cccc(F)c3)cc1=O)C(=O)N(Cc1ccccc1)C2=O. The summed E-state index contributed by atoms with van der Waals surface area (Å²) in [5.41, 5.74) is 2.09. The number of carbonyl (C=O) groups is 2. The quantitative estimate of drug-likeness (QED) is 0.350. The van der Waals surface area contributed by atoms with Gasteiger partial charge in [0.15, 0.2) is 0 Å². The van der Waals surface area contributed by atoms with Crippen molar-refractivity contribution in [1.29, 1.82) is 0 Å². The van der Waals surface area contributed by atoms with Crippen LogP contribution in [0.5, 0.6) is 0 Å². The highest BCUT2D eigenvalue weighted by Crippen LogP contribution is 2.36. The summed E-state index contributed by atoms with van der Waals surface area (Å²) in [6.45, 7) is 6.12. The molecule has 0 saturated heterocycles. The minimum Gasteiger partial charge on any atom is -0.271 e. The van der Waals surface area contributed by atoms with Crippen molar-refractivity contribution in [3.63, 3.8) is 0 Å². The number of imide groups is 1. The van der Waals surface area contributed by atoms with E-state index in [-0.39, 0.29) is 28.8 Å². The highest BCUT2D eigenvalue weighted by atomic mass is 19.1. The Hall–Kier alpha value is -4.32. The first-order chi connectivity index (χ1) is 17.2. The van der Waals surface area contributed by atoms with Crippen molar-refractivity contribution in [2.45, 2.75) is 32.7 Å². The largest absolute Gasteiger partial charge is 0.278 e. The molecule has 1 aliphatic rings. The van der Waals surface area contributed by atoms with Crippen molar-refractivity contribution in [3.05, 3.63) is 123 Å². The fraction of sp³-hybridized carbons (Fsp3) is 0.167. The number of hydrogen-bond donors (Lipinski definition) is 0. The third kappa shape index (κ3) is 3.94. The summed E-state index contributed by atoms with van der Waals surface area (Å²) in [5.74, 6) is -1.57. The van der Waals surface area contributed by atoms with Gasteiger partial charge in [-0.3, -0.25) is 23.9 Å². The Balaban J connectivity index is 1.80. The first-order valence-corrected chi connectivity index (χ1v) is 11.7. The van der Waals surface area contributed by atoms with Crippen molar-refractivity contribution in [2.75, 3.05) is 0 Å². The molecule has 4 aromatic rings. The number of pyridine rings is 1. The standard InChI is InChI=1S/C30H25FN2O3/c1-30(2,3)23-14-7-8-15-24(23)33-25(34)17-22(20-12-9-13-21(31)16-20)26-27(33)29(36)32(28(26)35)18-19-10-5-4-6-11-19/h4-17H,18H2,1-3H3. The maximum atomic E-state index is 14.1. The molecule has 1 aromatic heterocycles. The van der Waals surface area contributed by atoms with Crippen molar-refractivity contribution in [3.8, 4) is 16.8 Å². The van der Waals surface area contributed by atoms with Gasteiger partial charge in [0.25, 0.3) is 17.4 Å². The molecule has 6 heteroatoms. The van der Waals surface area contributed by atoms with Gasteiger partial charge < -0.3 is 0 Å². The maximum absolute atomic E-state index is 14.1. The zero-order valence-corrected chi connectivity index (χ0v) is 20.3. The van der Waals surface area contributed by atoms with Gasteiger partial charge in [0.05, 0.1) is 17.8 Å². The molecule has 0 atom stereocenters. The molecule has 5 rings (SSSR count). The number of hydrogen-bond acceptors (Lipinski definition) is 3. The van der Waals surface area contributed by atoms with E-state index in [0.717, 1.165) is 16.0 Å². The van der Waals surface area contributed by atoms with E-state index in [9.17, 15) is 18.8 Å². The summed E-state index contributed by atoms with van der Waals surface area (Å²) in [6, 6.07) is 23.6. The van der Waals surface area contributed by atoms with E-state index in [4.69, 9.17) is 0 Å². The van der Waals surface area contributed by atoms with Crippen molar-refractivity contribution in [1.82, 2.24) is 9.47 Å². The fourth-order valence-corrected chi connectivity index (χ4v) is 4.72. The number of aromatic nitrogens is 1. The second-order valence-corrected chi connectivity index (χ2v) is 9.91. The Bertz CT molecular complexity index is 1570. The lowest BCUT2D eigenvalue weighted by Gasteiger charge is -2.24. The number of fused-ring (bicyclic) bond motifs is 1. The average molecular weight is 481 g/mol. The van der Waals surface area contributed by atoms with Crippen LogP contribution >= 0.6 is 0 Å². The van der Waals surface area contributed by atoms with Gasteiger partial charge in [-0.1, -0.05) is 81.4 Å². The van der Waals surface area contributed by atoms with Gasteiger partial charge in [-0.05, 0) is 40.3 Å². The molecular formula is C30H25FN2O3. The molecule has 2 amide bonds. The first-order valence-electron chi connectivity index (χ1n) is 11.7. The molecule has 1 aliphatic heterocycles. The summed E-state index contributed by atoms with van der Waals surface area (Å²) in [6.07, 6.45) is 0. The summed E-state index contributed by atoms with van der Waals surface area (Å²) in [7, 11) is 0. The van der Waals surface area contributed by atoms with Crippen LogP contribution in [0.4, 0.5) is 4.39 Å². The third-order valence-corrected chi connectivity index (χ3v) is 6.40. The zero-order chi connectivity index (χ0) is 25.6. The van der Waals surface area contributed by atoms with Gasteiger partial charge in [0.1, 0.15) is 11.5 Å². The normalized spacial score (nSPS) is 13.3. The molecule has 5 nitrogen and oxygen atoms in total. The molecule has 180 valence electrons. The minimum absolute atomic E-state index is 0.000563. The second kappa shape index (κ2) is 8.72. The van der Waals surface area contributed by atoms with E-state index in [1.165, 1.54) is 28.8 Å². The van der Waals surface area contributed by atoms with E-state index in [1.54, 1.807) is 18.2 Å². The summed E-state index contributed by atoms with van der Waals surface area (Å²) in [4.78, 5) is 42.4. The molecule has 0 radical (unpaired) electrons. The lowest BCUT2D eigenvalue weighted by Crippen LogP contribution is -2.31. The lowest BCUT2D eigenvalue weighted by atomic mass is 9.85. The second-order valence-electron chi connectivity index (χ2n) is 9.91. The fourth-order valence-electron chi connectivity index (χ4n) is 4.72. The predicted molar refractivity (Wildman–Crippen MR) is 137 cm³/mol. The molecule has 0 fully saturated rings. The number of rotatable bonds is 4. The summed E-state index contributed by atoms with van der Waals surface area (Å²) < 4.78 is 15.5. The first kappa shape index (κ1) is 23.4. The number of amides is 2. The van der Waals surface area contributed by atoms with Crippen molar-refractivity contribution in [2.24, 2.45) is 0 Å². The van der Waals surface area contributed by atoms with E-state index in [0.29, 0.717) is 11.3 Å². The van der Waals surface area contributed by atoms with E-state index < -0.39 is 23.2 Å². The molecule has 2 heterocycles. The van der Waals surface area contributed by atoms with E-state index in [2.05, 4.69) is 0 Å². The highest BCUT2D eigenvalue weighted by molar-refractivity contribution is 6.23. The minimum atomic E-state index is -0.557. The maximum Gasteiger partial charge on any atom is 0.278 e. The Kier molecular flexibility index (Phi) is 5.67. The summed E-state index contributed by atoms with van der Waals surface area (Å²) >= 11 is 0. The molecule has 0 unspecified atom stereocenters. The third-order valence-electron chi connectivity index (χ3n) is 6.40. The van der Waals surface area contributed by atoms with Gasteiger partial charge >= 0.3 is 0 Å². The number of nitrogens with zero attached hydrogens (tertiary/aromatic N) is 2. The van der Waals surface area contributed by atoms with Gasteiger partial charge in [0, 0.05) is 11.6 Å². The van der Waals surface area contributed by atoms with Crippen LogP contribution in [0.15, 0.2) is 89.7 Å². The van der Waals surface area contributed by atoms with E-state index in [1.807, 2.05) is 63.2 Å². The molecular weight excluding hydrogens is 455 g/mol. The topological polar surface area (TPSA) is 59.4 Å². The van der Waals surface area contributed by atoms with Crippen LogP contribution in [0.2, 0.25) is 0 Å². The molecule has 3 aromatic carbocycles. The number of halogens is 1. The molecule has 0 aliphatic carbocycles. The summed E-state index contributed by atoms with van der Waals surface area (Å²) in [5, 5.41) is 0. The van der Waals surface area contributed by atoms with Crippen LogP contribution in [-0.2, 0) is 12.0 Å². The predicted octanol–water partition coefficient (Wildman–Crippen LogP) is 5.74. The molecule has 0 spiro atoms. The molecule has 36 heavy (non-hydrogen) atoms. The number of carbonyl (C=O) groups excluding carboxylic acids is 2. The van der Waals surface area contributed by atoms with Crippen molar-refractivity contribution >= 4 is 11.8 Å².